The Morgan fingerprint density at radius 3 is 2.53 bits per heavy atom. The lowest BCUT2D eigenvalue weighted by Gasteiger charge is -2.23. The highest BCUT2D eigenvalue weighted by molar-refractivity contribution is 5.98. The van der Waals surface area contributed by atoms with Gasteiger partial charge in [-0.05, 0) is 50.5 Å². The van der Waals surface area contributed by atoms with Gasteiger partial charge in [0, 0.05) is 30.8 Å². The third-order valence-corrected chi connectivity index (χ3v) is 3.37. The van der Waals surface area contributed by atoms with Gasteiger partial charge in [0.1, 0.15) is 0 Å². The van der Waals surface area contributed by atoms with Gasteiger partial charge in [-0.3, -0.25) is 4.79 Å². The molecule has 2 nitrogen and oxygen atoms in total. The summed E-state index contributed by atoms with van der Waals surface area (Å²) in [6, 6.07) is 6.28. The van der Waals surface area contributed by atoms with Crippen LogP contribution in [-0.4, -0.2) is 18.9 Å². The van der Waals surface area contributed by atoms with Crippen molar-refractivity contribution in [3.8, 4) is 0 Å². The third kappa shape index (κ3) is 2.81. The zero-order valence-corrected chi connectivity index (χ0v) is 11.3. The van der Waals surface area contributed by atoms with Gasteiger partial charge in [0.15, 0.2) is 5.78 Å². The average molecular weight is 254 g/mol. The van der Waals surface area contributed by atoms with E-state index in [0.717, 1.165) is 37.9 Å². The van der Waals surface area contributed by atoms with Crippen LogP contribution in [0.15, 0.2) is 18.2 Å². The summed E-state index contributed by atoms with van der Waals surface area (Å²) in [6.45, 7) is 6.36. The van der Waals surface area contributed by atoms with E-state index < -0.39 is 0 Å². The molecule has 3 heteroatoms. The molecular formula is C14H20ClNO. The summed E-state index contributed by atoms with van der Waals surface area (Å²) in [5, 5.41) is 0. The minimum atomic E-state index is 0. The Labute approximate surface area is 109 Å². The van der Waals surface area contributed by atoms with E-state index in [1.807, 2.05) is 6.07 Å². The molecule has 0 N–H and O–H groups in total. The highest BCUT2D eigenvalue weighted by atomic mass is 35.5. The molecule has 0 heterocycles. The lowest BCUT2D eigenvalue weighted by molar-refractivity contribution is 0.0972. The number of halogens is 1. The normalized spacial score (nSPS) is 13.9. The Hall–Kier alpha value is -1.02. The number of nitrogens with zero attached hydrogens (tertiary/aromatic N) is 1. The van der Waals surface area contributed by atoms with Crippen LogP contribution in [0, 0.1) is 0 Å². The first-order valence-electron chi connectivity index (χ1n) is 6.17. The number of benzene rings is 1. The summed E-state index contributed by atoms with van der Waals surface area (Å²) in [6.07, 6.45) is 2.78. The first-order chi connectivity index (χ1) is 7.76. The standard InChI is InChI=1S/C14H19NO.ClH/c1-3-15(4-2)12-8-9-13-11(10-12)6-5-7-14(13)16;/h8-10H,3-7H2,1-2H3;1H. The maximum Gasteiger partial charge on any atom is 0.163 e. The van der Waals surface area contributed by atoms with Gasteiger partial charge in [0.05, 0.1) is 0 Å². The average Bonchev–Trinajstić information content (AvgIpc) is 2.31. The van der Waals surface area contributed by atoms with Crippen molar-refractivity contribution >= 4 is 23.9 Å². The summed E-state index contributed by atoms with van der Waals surface area (Å²) in [5.74, 6) is 0.312. The van der Waals surface area contributed by atoms with Crippen LogP contribution in [0.4, 0.5) is 5.69 Å². The Balaban J connectivity index is 0.00000144. The molecule has 0 aromatic heterocycles. The Morgan fingerprint density at radius 2 is 1.88 bits per heavy atom. The van der Waals surface area contributed by atoms with Crippen LogP contribution in [0.5, 0.6) is 0 Å². The van der Waals surface area contributed by atoms with Crippen LogP contribution >= 0.6 is 12.4 Å². The monoisotopic (exact) mass is 253 g/mol. The van der Waals surface area contributed by atoms with E-state index >= 15 is 0 Å². The van der Waals surface area contributed by atoms with Crippen molar-refractivity contribution in [3.63, 3.8) is 0 Å². The van der Waals surface area contributed by atoms with E-state index in [4.69, 9.17) is 0 Å². The van der Waals surface area contributed by atoms with Crippen molar-refractivity contribution in [2.75, 3.05) is 18.0 Å². The molecule has 0 saturated heterocycles. The van der Waals surface area contributed by atoms with Gasteiger partial charge in [-0.1, -0.05) is 0 Å². The molecule has 0 amide bonds. The Kier molecular flexibility index (Phi) is 5.01. The van der Waals surface area contributed by atoms with Crippen LogP contribution in [0.2, 0.25) is 0 Å². The molecule has 1 aliphatic carbocycles. The summed E-state index contributed by atoms with van der Waals surface area (Å²) in [4.78, 5) is 14.0. The van der Waals surface area contributed by atoms with E-state index in [2.05, 4.69) is 30.9 Å². The number of carbonyl (C=O) groups excluding carboxylic acids is 1. The Bertz CT molecular complexity index is 399. The number of aryl methyl sites for hydroxylation is 1. The second kappa shape index (κ2) is 6.06. The van der Waals surface area contributed by atoms with Gasteiger partial charge < -0.3 is 4.90 Å². The maximum atomic E-state index is 11.7. The predicted molar refractivity (Wildman–Crippen MR) is 74.5 cm³/mol. The van der Waals surface area contributed by atoms with Gasteiger partial charge in [-0.25, -0.2) is 0 Å². The van der Waals surface area contributed by atoms with E-state index in [-0.39, 0.29) is 12.4 Å². The van der Waals surface area contributed by atoms with Crippen LogP contribution in [0.25, 0.3) is 0 Å². The van der Waals surface area contributed by atoms with Crippen molar-refractivity contribution in [3.05, 3.63) is 29.3 Å². The van der Waals surface area contributed by atoms with Crippen LogP contribution in [0.3, 0.4) is 0 Å². The smallest absolute Gasteiger partial charge is 0.163 e. The number of carbonyl (C=O) groups is 1. The minimum Gasteiger partial charge on any atom is -0.372 e. The second-order valence-corrected chi connectivity index (χ2v) is 4.29. The SMILES string of the molecule is CCN(CC)c1ccc2c(c1)CCCC2=O.Cl. The van der Waals surface area contributed by atoms with Crippen LogP contribution < -0.4 is 4.90 Å². The molecule has 0 fully saturated rings. The van der Waals surface area contributed by atoms with Gasteiger partial charge in [0.2, 0.25) is 0 Å². The van der Waals surface area contributed by atoms with Crippen molar-refractivity contribution in [1.82, 2.24) is 0 Å². The molecule has 0 bridgehead atoms. The largest absolute Gasteiger partial charge is 0.372 e. The van der Waals surface area contributed by atoms with E-state index in [0.29, 0.717) is 5.78 Å². The van der Waals surface area contributed by atoms with Gasteiger partial charge in [0.25, 0.3) is 0 Å². The highest BCUT2D eigenvalue weighted by Gasteiger charge is 2.17. The molecular weight excluding hydrogens is 234 g/mol. The molecule has 0 radical (unpaired) electrons. The summed E-state index contributed by atoms with van der Waals surface area (Å²) >= 11 is 0. The van der Waals surface area contributed by atoms with E-state index in [9.17, 15) is 4.79 Å². The number of hydrogen-bond donors (Lipinski definition) is 0. The zero-order chi connectivity index (χ0) is 11.5. The van der Waals surface area contributed by atoms with Gasteiger partial charge in [-0.2, -0.15) is 0 Å². The topological polar surface area (TPSA) is 20.3 Å². The predicted octanol–water partition coefficient (Wildman–Crippen LogP) is 3.47. The van der Waals surface area contributed by atoms with Crippen molar-refractivity contribution < 1.29 is 4.79 Å². The third-order valence-electron chi connectivity index (χ3n) is 3.37. The van der Waals surface area contributed by atoms with Crippen molar-refractivity contribution in [2.45, 2.75) is 33.1 Å². The molecule has 1 aromatic rings. The molecule has 94 valence electrons. The lowest BCUT2D eigenvalue weighted by Crippen LogP contribution is -2.22. The quantitative estimate of drug-likeness (QED) is 0.822. The number of hydrogen-bond acceptors (Lipinski definition) is 2. The Morgan fingerprint density at radius 1 is 1.18 bits per heavy atom. The van der Waals surface area contributed by atoms with Crippen LogP contribution in [0.1, 0.15) is 42.6 Å². The van der Waals surface area contributed by atoms with Crippen molar-refractivity contribution in [1.29, 1.82) is 0 Å². The zero-order valence-electron chi connectivity index (χ0n) is 10.5. The molecule has 0 unspecified atom stereocenters. The van der Waals surface area contributed by atoms with Gasteiger partial charge in [-0.15, -0.1) is 12.4 Å². The molecule has 2 rings (SSSR count). The number of Topliss-reactive ketones (excluding diaryl/α,β-unsaturated/α-hetero) is 1. The number of rotatable bonds is 3. The number of anilines is 1. The first-order valence-corrected chi connectivity index (χ1v) is 6.17. The summed E-state index contributed by atoms with van der Waals surface area (Å²) < 4.78 is 0. The lowest BCUT2D eigenvalue weighted by atomic mass is 9.90. The number of fused-ring (bicyclic) bond motifs is 1. The summed E-state index contributed by atoms with van der Waals surface area (Å²) in [7, 11) is 0. The molecule has 1 aromatic carbocycles. The molecule has 1 aliphatic rings. The van der Waals surface area contributed by atoms with E-state index in [1.54, 1.807) is 0 Å². The van der Waals surface area contributed by atoms with Gasteiger partial charge >= 0.3 is 0 Å². The molecule has 0 aliphatic heterocycles. The second-order valence-electron chi connectivity index (χ2n) is 4.29. The fourth-order valence-electron chi connectivity index (χ4n) is 2.42. The molecule has 17 heavy (non-hydrogen) atoms. The first kappa shape index (κ1) is 14.0. The van der Waals surface area contributed by atoms with E-state index in [1.165, 1.54) is 11.3 Å². The highest BCUT2D eigenvalue weighted by Crippen LogP contribution is 2.26. The molecule has 0 atom stereocenters. The fourth-order valence-corrected chi connectivity index (χ4v) is 2.42. The van der Waals surface area contributed by atoms with Crippen LogP contribution in [-0.2, 0) is 6.42 Å². The molecule has 0 spiro atoms. The maximum absolute atomic E-state index is 11.7. The van der Waals surface area contributed by atoms with Crippen molar-refractivity contribution in [2.24, 2.45) is 0 Å². The minimum absolute atomic E-state index is 0. The molecule has 0 saturated carbocycles. The number of ketones is 1. The fraction of sp³-hybridized carbons (Fsp3) is 0.500. The summed E-state index contributed by atoms with van der Waals surface area (Å²) in [5.41, 5.74) is 3.43.